The summed E-state index contributed by atoms with van der Waals surface area (Å²) >= 11 is 0. The number of ether oxygens (including phenoxy) is 2. The molecule has 1 aliphatic carbocycles. The van der Waals surface area contributed by atoms with Crippen LogP contribution in [0.15, 0.2) is 34.9 Å². The number of aromatic nitrogens is 3. The zero-order chi connectivity index (χ0) is 27.9. The Kier molecular flexibility index (Phi) is 7.25. The van der Waals surface area contributed by atoms with Crippen LogP contribution >= 0.6 is 0 Å². The standard InChI is InChI=1S/C25H29F3N6O5/c1-13(38-15-5-6-15)21(32-22(35)17-8-9-29-33(17)2)23-30-16-10-14(4-7-19(16)39-23)18(12-37-3)34-11-20(25(26,27)28)31-24(34)36/h4,7-10,13,15,18,20-21H,5-6,11-12H2,1-3H3,(H,31,36)(H,32,35)/t13-,18-,20+,21+/m1/s1. The molecule has 210 valence electrons. The van der Waals surface area contributed by atoms with Gasteiger partial charge in [0.25, 0.3) is 5.91 Å². The number of nitrogens with zero attached hydrogens (tertiary/aromatic N) is 4. The smallest absolute Gasteiger partial charge is 0.410 e. The lowest BCUT2D eigenvalue weighted by Crippen LogP contribution is -2.40. The van der Waals surface area contributed by atoms with E-state index in [-0.39, 0.29) is 24.5 Å². The van der Waals surface area contributed by atoms with Crippen molar-refractivity contribution >= 4 is 23.0 Å². The van der Waals surface area contributed by atoms with Crippen molar-refractivity contribution in [2.75, 3.05) is 20.3 Å². The molecule has 0 spiro atoms. The Bertz CT molecular complexity index is 1350. The predicted octanol–water partition coefficient (Wildman–Crippen LogP) is 3.24. The van der Waals surface area contributed by atoms with Crippen molar-refractivity contribution in [1.29, 1.82) is 0 Å². The van der Waals surface area contributed by atoms with Crippen molar-refractivity contribution in [3.8, 4) is 0 Å². The maximum absolute atomic E-state index is 13.3. The monoisotopic (exact) mass is 550 g/mol. The number of methoxy groups -OCH3 is 1. The maximum atomic E-state index is 13.3. The summed E-state index contributed by atoms with van der Waals surface area (Å²) in [7, 11) is 3.06. The number of nitrogens with one attached hydrogen (secondary N) is 2. The van der Waals surface area contributed by atoms with Gasteiger partial charge in [-0.15, -0.1) is 0 Å². The molecule has 3 aromatic rings. The molecule has 0 radical (unpaired) electrons. The molecule has 1 aliphatic heterocycles. The van der Waals surface area contributed by atoms with E-state index in [0.717, 1.165) is 17.7 Å². The second kappa shape index (κ2) is 10.5. The fourth-order valence-electron chi connectivity index (χ4n) is 4.62. The quantitative estimate of drug-likeness (QED) is 0.397. The highest BCUT2D eigenvalue weighted by atomic mass is 19.4. The van der Waals surface area contributed by atoms with Crippen LogP contribution in [0.5, 0.6) is 0 Å². The summed E-state index contributed by atoms with van der Waals surface area (Å²) in [5.41, 5.74) is 1.69. The van der Waals surface area contributed by atoms with Crippen molar-refractivity contribution in [2.24, 2.45) is 7.05 Å². The highest BCUT2D eigenvalue weighted by Crippen LogP contribution is 2.34. The predicted molar refractivity (Wildman–Crippen MR) is 131 cm³/mol. The van der Waals surface area contributed by atoms with Crippen LogP contribution in [0.1, 0.15) is 53.8 Å². The normalized spacial score (nSPS) is 20.2. The number of hydrogen-bond acceptors (Lipinski definition) is 7. The molecule has 0 bridgehead atoms. The van der Waals surface area contributed by atoms with E-state index in [0.29, 0.717) is 22.4 Å². The number of urea groups is 1. The first-order valence-electron chi connectivity index (χ1n) is 12.5. The van der Waals surface area contributed by atoms with E-state index in [1.807, 2.05) is 12.2 Å². The summed E-state index contributed by atoms with van der Waals surface area (Å²) < 4.78 is 58.5. The van der Waals surface area contributed by atoms with E-state index in [2.05, 4.69) is 15.4 Å². The summed E-state index contributed by atoms with van der Waals surface area (Å²) in [4.78, 5) is 31.1. The average molecular weight is 551 g/mol. The zero-order valence-electron chi connectivity index (χ0n) is 21.6. The van der Waals surface area contributed by atoms with Gasteiger partial charge in [0.05, 0.1) is 31.4 Å². The van der Waals surface area contributed by atoms with Gasteiger partial charge in [-0.2, -0.15) is 18.3 Å². The first-order valence-corrected chi connectivity index (χ1v) is 12.5. The molecule has 2 aliphatic rings. The van der Waals surface area contributed by atoms with E-state index >= 15 is 0 Å². The number of carbonyl (C=O) groups is 2. The number of aryl methyl sites for hydroxylation is 1. The van der Waals surface area contributed by atoms with Gasteiger partial charge in [-0.3, -0.25) is 9.48 Å². The van der Waals surface area contributed by atoms with Gasteiger partial charge in [0, 0.05) is 20.4 Å². The van der Waals surface area contributed by atoms with Gasteiger partial charge in [0.1, 0.15) is 23.3 Å². The summed E-state index contributed by atoms with van der Waals surface area (Å²) in [6.07, 6.45) is -1.54. The number of amides is 3. The molecule has 39 heavy (non-hydrogen) atoms. The van der Waals surface area contributed by atoms with Crippen LogP contribution in [0.25, 0.3) is 11.1 Å². The Hall–Kier alpha value is -3.65. The first-order chi connectivity index (χ1) is 18.5. The minimum absolute atomic E-state index is 0.0240. The fraction of sp³-hybridized carbons (Fsp3) is 0.520. The van der Waals surface area contributed by atoms with E-state index in [1.165, 1.54) is 18.0 Å². The van der Waals surface area contributed by atoms with Gasteiger partial charge in [-0.25, -0.2) is 9.78 Å². The van der Waals surface area contributed by atoms with Crippen molar-refractivity contribution < 1.29 is 36.7 Å². The molecule has 11 nitrogen and oxygen atoms in total. The van der Waals surface area contributed by atoms with Crippen LogP contribution in [0.4, 0.5) is 18.0 Å². The lowest BCUT2D eigenvalue weighted by molar-refractivity contribution is -0.150. The molecule has 3 amide bonds. The van der Waals surface area contributed by atoms with Gasteiger partial charge < -0.3 is 29.4 Å². The average Bonchev–Trinajstić information content (AvgIpc) is 3.24. The van der Waals surface area contributed by atoms with Crippen LogP contribution < -0.4 is 10.6 Å². The molecule has 1 saturated carbocycles. The van der Waals surface area contributed by atoms with Crippen molar-refractivity contribution in [3.05, 3.63) is 47.6 Å². The molecule has 14 heteroatoms. The summed E-state index contributed by atoms with van der Waals surface area (Å²) in [5.74, 6) is -0.168. The van der Waals surface area contributed by atoms with Gasteiger partial charge in [0.15, 0.2) is 5.58 Å². The summed E-state index contributed by atoms with van der Waals surface area (Å²) in [5, 5.41) is 8.95. The van der Waals surface area contributed by atoms with E-state index in [1.54, 1.807) is 31.3 Å². The van der Waals surface area contributed by atoms with Crippen LogP contribution in [0.2, 0.25) is 0 Å². The number of halogens is 3. The third kappa shape index (κ3) is 5.71. The van der Waals surface area contributed by atoms with Crippen LogP contribution in [-0.2, 0) is 16.5 Å². The van der Waals surface area contributed by atoms with E-state index < -0.39 is 43.0 Å². The molecule has 4 atom stereocenters. The van der Waals surface area contributed by atoms with Gasteiger partial charge in [0.2, 0.25) is 5.89 Å². The molecule has 2 aromatic heterocycles. The first kappa shape index (κ1) is 26.9. The number of fused-ring (bicyclic) bond motifs is 1. The second-order valence-corrected chi connectivity index (χ2v) is 9.78. The number of hydrogen-bond donors (Lipinski definition) is 2. The number of alkyl halides is 3. The minimum Gasteiger partial charge on any atom is -0.438 e. The minimum atomic E-state index is -4.57. The molecule has 2 fully saturated rings. The summed E-state index contributed by atoms with van der Waals surface area (Å²) in [6, 6.07) is 2.21. The molecule has 1 aromatic carbocycles. The van der Waals surface area contributed by atoms with Gasteiger partial charge >= 0.3 is 12.2 Å². The number of rotatable bonds is 10. The summed E-state index contributed by atoms with van der Waals surface area (Å²) in [6.45, 7) is 1.25. The molecule has 5 rings (SSSR count). The molecule has 1 saturated heterocycles. The Labute approximate surface area is 221 Å². The lowest BCUT2D eigenvalue weighted by atomic mass is 10.1. The third-order valence-corrected chi connectivity index (χ3v) is 6.85. The highest BCUT2D eigenvalue weighted by molar-refractivity contribution is 5.92. The molecule has 3 heterocycles. The zero-order valence-corrected chi connectivity index (χ0v) is 21.6. The second-order valence-electron chi connectivity index (χ2n) is 9.78. The molecular formula is C25H29F3N6O5. The fourth-order valence-corrected chi connectivity index (χ4v) is 4.62. The number of carbonyl (C=O) groups excluding carboxylic acids is 2. The Morgan fingerprint density at radius 1 is 1.31 bits per heavy atom. The van der Waals surface area contributed by atoms with Gasteiger partial charge in [-0.05, 0) is 43.5 Å². The highest BCUT2D eigenvalue weighted by Gasteiger charge is 2.48. The van der Waals surface area contributed by atoms with Gasteiger partial charge in [-0.1, -0.05) is 6.07 Å². The van der Waals surface area contributed by atoms with Crippen molar-refractivity contribution in [2.45, 2.75) is 56.3 Å². The molecule has 2 N–H and O–H groups in total. The third-order valence-electron chi connectivity index (χ3n) is 6.85. The van der Waals surface area contributed by atoms with Crippen molar-refractivity contribution in [1.82, 2.24) is 30.3 Å². The topological polar surface area (TPSA) is 124 Å². The lowest BCUT2D eigenvalue weighted by Gasteiger charge is -2.27. The number of oxazole rings is 1. The molecular weight excluding hydrogens is 521 g/mol. The Balaban J connectivity index is 1.43. The van der Waals surface area contributed by atoms with E-state index in [9.17, 15) is 22.8 Å². The Morgan fingerprint density at radius 3 is 2.69 bits per heavy atom. The van der Waals surface area contributed by atoms with Crippen LogP contribution in [0.3, 0.4) is 0 Å². The SMILES string of the molecule is COC[C@H](c1ccc2oc([C@@H](NC(=O)c3ccnn3C)[C@@H](C)OC3CC3)nc2c1)N1C[C@@H](C(F)(F)F)NC1=O. The largest absolute Gasteiger partial charge is 0.438 e. The van der Waals surface area contributed by atoms with E-state index in [4.69, 9.17) is 13.9 Å². The maximum Gasteiger partial charge on any atom is 0.410 e. The Morgan fingerprint density at radius 2 is 2.08 bits per heavy atom. The van der Waals surface area contributed by atoms with Crippen LogP contribution in [-0.4, -0.2) is 76.3 Å². The van der Waals surface area contributed by atoms with Crippen LogP contribution in [0, 0.1) is 0 Å². The van der Waals surface area contributed by atoms with Crippen molar-refractivity contribution in [3.63, 3.8) is 0 Å². The number of benzene rings is 1. The molecule has 0 unspecified atom stereocenters.